The Morgan fingerprint density at radius 2 is 1.82 bits per heavy atom. The van der Waals surface area contributed by atoms with E-state index in [0.29, 0.717) is 18.4 Å². The van der Waals surface area contributed by atoms with Crippen molar-refractivity contribution in [2.45, 2.75) is 58.7 Å². The molecule has 2 aliphatic heterocycles. The summed E-state index contributed by atoms with van der Waals surface area (Å²) in [5, 5.41) is 19.8. The number of likely N-dealkylation sites (tertiary alicyclic amines) is 1. The topological polar surface area (TPSA) is 78.2 Å². The number of ether oxygens (including phenoxy) is 1. The van der Waals surface area contributed by atoms with Gasteiger partial charge >= 0.3 is 0 Å². The Morgan fingerprint density at radius 1 is 1.00 bits per heavy atom. The van der Waals surface area contributed by atoms with Crippen LogP contribution in [0.25, 0.3) is 32.9 Å². The lowest BCUT2D eigenvalue weighted by Gasteiger charge is -2.42. The number of H-pyrrole nitrogens is 1. The number of azo groups is 1. The zero-order valence-electron chi connectivity index (χ0n) is 22.7. The number of aliphatic imine (C=N–C) groups is 1. The van der Waals surface area contributed by atoms with Crippen LogP contribution in [0.15, 0.2) is 69.8 Å². The molecule has 196 valence electrons. The first-order valence-corrected chi connectivity index (χ1v) is 13.8. The molecule has 3 aromatic carbocycles. The third-order valence-corrected chi connectivity index (χ3v) is 7.98. The van der Waals surface area contributed by atoms with Gasteiger partial charge in [0.2, 0.25) is 0 Å². The van der Waals surface area contributed by atoms with E-state index >= 15 is 0 Å². The predicted octanol–water partition coefficient (Wildman–Crippen LogP) is 7.22. The van der Waals surface area contributed by atoms with Gasteiger partial charge in [0.15, 0.2) is 12.0 Å². The summed E-state index contributed by atoms with van der Waals surface area (Å²) in [6.07, 6.45) is 3.77. The quantitative estimate of drug-likeness (QED) is 0.286. The van der Waals surface area contributed by atoms with Crippen LogP contribution in [0.3, 0.4) is 0 Å². The van der Waals surface area contributed by atoms with Gasteiger partial charge in [0.05, 0.1) is 11.2 Å². The van der Waals surface area contributed by atoms with E-state index in [0.717, 1.165) is 57.3 Å². The lowest BCUT2D eigenvalue weighted by molar-refractivity contribution is 0.0623. The minimum absolute atomic E-state index is 0.101. The third kappa shape index (κ3) is 4.83. The van der Waals surface area contributed by atoms with Crippen molar-refractivity contribution in [3.05, 3.63) is 60.2 Å². The standard InChI is InChI=1S/C31H36N6O/c1-20(2)29-32-30(36-35-29)24-10-12-27-26(19-24)28(34-33-27)23-8-7-22-18-25(11-9-21(22)17-23)38-16-15-37-14-6-5-13-31(37,3)4/h7-12,17-20,29H,5-6,13-16H2,1-4H3,(H,33,34). The Morgan fingerprint density at radius 3 is 2.63 bits per heavy atom. The van der Waals surface area contributed by atoms with Crippen molar-refractivity contribution in [1.29, 1.82) is 0 Å². The first kappa shape index (κ1) is 24.7. The van der Waals surface area contributed by atoms with Crippen molar-refractivity contribution in [3.63, 3.8) is 0 Å². The summed E-state index contributed by atoms with van der Waals surface area (Å²) in [7, 11) is 0. The van der Waals surface area contributed by atoms with E-state index in [9.17, 15) is 0 Å². The summed E-state index contributed by atoms with van der Waals surface area (Å²) in [6.45, 7) is 11.7. The maximum absolute atomic E-state index is 6.17. The van der Waals surface area contributed by atoms with Crippen LogP contribution in [0, 0.1) is 5.92 Å². The highest BCUT2D eigenvalue weighted by atomic mass is 16.5. The van der Waals surface area contributed by atoms with Gasteiger partial charge in [-0.05, 0) is 86.3 Å². The Bertz CT molecular complexity index is 1530. The van der Waals surface area contributed by atoms with E-state index in [1.165, 1.54) is 19.3 Å². The summed E-state index contributed by atoms with van der Waals surface area (Å²) in [4.78, 5) is 7.26. The van der Waals surface area contributed by atoms with Gasteiger partial charge in [-0.25, -0.2) is 4.99 Å². The van der Waals surface area contributed by atoms with Gasteiger partial charge in [0.1, 0.15) is 12.4 Å². The first-order valence-electron chi connectivity index (χ1n) is 13.8. The molecule has 0 saturated carbocycles. The number of fused-ring (bicyclic) bond motifs is 2. The fourth-order valence-electron chi connectivity index (χ4n) is 5.55. The molecule has 3 heterocycles. The van der Waals surface area contributed by atoms with E-state index in [1.54, 1.807) is 0 Å². The van der Waals surface area contributed by atoms with Crippen molar-refractivity contribution < 1.29 is 4.74 Å². The van der Waals surface area contributed by atoms with Gasteiger partial charge in [-0.3, -0.25) is 10.00 Å². The molecule has 1 fully saturated rings. The predicted molar refractivity (Wildman–Crippen MR) is 154 cm³/mol. The first-order chi connectivity index (χ1) is 18.4. The average molecular weight is 509 g/mol. The van der Waals surface area contributed by atoms with E-state index in [2.05, 4.69) is 95.5 Å². The molecule has 0 aliphatic carbocycles. The molecule has 6 rings (SSSR count). The molecule has 0 spiro atoms. The van der Waals surface area contributed by atoms with Crippen molar-refractivity contribution in [3.8, 4) is 17.0 Å². The Hall–Kier alpha value is -3.58. The van der Waals surface area contributed by atoms with Crippen LogP contribution in [0.2, 0.25) is 0 Å². The molecule has 1 unspecified atom stereocenters. The van der Waals surface area contributed by atoms with Gasteiger partial charge in [-0.1, -0.05) is 38.5 Å². The zero-order chi connectivity index (χ0) is 26.3. The van der Waals surface area contributed by atoms with Crippen LogP contribution < -0.4 is 4.74 Å². The fourth-order valence-corrected chi connectivity index (χ4v) is 5.55. The lowest BCUT2D eigenvalue weighted by Crippen LogP contribution is -2.48. The molecule has 1 N–H and O–H groups in total. The summed E-state index contributed by atoms with van der Waals surface area (Å²) in [5.41, 5.74) is 4.20. The molecule has 1 atom stereocenters. The highest BCUT2D eigenvalue weighted by Gasteiger charge is 2.29. The molecular weight excluding hydrogens is 472 g/mol. The van der Waals surface area contributed by atoms with Crippen molar-refractivity contribution in [2.24, 2.45) is 21.1 Å². The molecule has 4 aromatic rings. The second-order valence-corrected chi connectivity index (χ2v) is 11.5. The van der Waals surface area contributed by atoms with Gasteiger partial charge in [0, 0.05) is 28.6 Å². The fraction of sp³-hybridized carbons (Fsp3) is 0.419. The molecule has 7 heteroatoms. The maximum Gasteiger partial charge on any atom is 0.179 e. The number of rotatable bonds is 7. The molecule has 0 radical (unpaired) electrons. The van der Waals surface area contributed by atoms with Crippen LogP contribution >= 0.6 is 0 Å². The van der Waals surface area contributed by atoms with Crippen LogP contribution in [-0.2, 0) is 0 Å². The SMILES string of the molecule is CC(C)C1N=NC(c2ccc3[nH]nc(-c4ccc5cc(OCCN6CCCCC6(C)C)ccc5c4)c3c2)=N1. The lowest BCUT2D eigenvalue weighted by atomic mass is 9.90. The Labute approximate surface area is 224 Å². The van der Waals surface area contributed by atoms with E-state index in [4.69, 9.17) is 9.73 Å². The molecule has 1 saturated heterocycles. The van der Waals surface area contributed by atoms with Crippen LogP contribution in [0.1, 0.15) is 52.5 Å². The van der Waals surface area contributed by atoms with Crippen molar-refractivity contribution in [2.75, 3.05) is 19.7 Å². The molecule has 2 aliphatic rings. The number of benzene rings is 3. The highest BCUT2D eigenvalue weighted by molar-refractivity contribution is 6.05. The van der Waals surface area contributed by atoms with Gasteiger partial charge in [-0.15, -0.1) is 5.11 Å². The normalized spacial score (nSPS) is 19.5. The van der Waals surface area contributed by atoms with E-state index < -0.39 is 0 Å². The number of piperidine rings is 1. The molecule has 38 heavy (non-hydrogen) atoms. The summed E-state index contributed by atoms with van der Waals surface area (Å²) in [5.74, 6) is 1.93. The summed E-state index contributed by atoms with van der Waals surface area (Å²) >= 11 is 0. The Balaban J connectivity index is 1.20. The van der Waals surface area contributed by atoms with Gasteiger partial charge in [-0.2, -0.15) is 10.2 Å². The van der Waals surface area contributed by atoms with Crippen molar-refractivity contribution >= 4 is 27.5 Å². The largest absolute Gasteiger partial charge is 0.492 e. The summed E-state index contributed by atoms with van der Waals surface area (Å²) < 4.78 is 6.17. The number of aromatic amines is 1. The number of aromatic nitrogens is 2. The van der Waals surface area contributed by atoms with E-state index in [-0.39, 0.29) is 11.7 Å². The van der Waals surface area contributed by atoms with Crippen molar-refractivity contribution in [1.82, 2.24) is 15.1 Å². The smallest absolute Gasteiger partial charge is 0.179 e. The third-order valence-electron chi connectivity index (χ3n) is 7.98. The van der Waals surface area contributed by atoms with Gasteiger partial charge in [0.25, 0.3) is 0 Å². The molecule has 0 amide bonds. The minimum Gasteiger partial charge on any atom is -0.492 e. The van der Waals surface area contributed by atoms with Crippen LogP contribution in [0.4, 0.5) is 0 Å². The maximum atomic E-state index is 6.17. The average Bonchev–Trinajstić information content (AvgIpc) is 3.57. The monoisotopic (exact) mass is 508 g/mol. The molecule has 1 aromatic heterocycles. The number of hydrogen-bond donors (Lipinski definition) is 1. The Kier molecular flexibility index (Phi) is 6.48. The zero-order valence-corrected chi connectivity index (χ0v) is 22.7. The summed E-state index contributed by atoms with van der Waals surface area (Å²) in [6, 6.07) is 19.0. The molecular formula is C31H36N6O. The van der Waals surface area contributed by atoms with E-state index in [1.807, 2.05) is 12.1 Å². The number of nitrogens with zero attached hydrogens (tertiary/aromatic N) is 5. The molecule has 0 bridgehead atoms. The highest BCUT2D eigenvalue weighted by Crippen LogP contribution is 2.32. The second kappa shape index (κ2) is 9.95. The van der Waals surface area contributed by atoms with Gasteiger partial charge < -0.3 is 4.74 Å². The number of amidine groups is 1. The van der Waals surface area contributed by atoms with Crippen LogP contribution in [0.5, 0.6) is 5.75 Å². The second-order valence-electron chi connectivity index (χ2n) is 11.5. The molecule has 7 nitrogen and oxygen atoms in total. The minimum atomic E-state index is -0.101. The number of hydrogen-bond acceptors (Lipinski definition) is 6. The number of nitrogens with one attached hydrogen (secondary N) is 1. The van der Waals surface area contributed by atoms with Crippen LogP contribution in [-0.4, -0.2) is 52.3 Å².